The molecule has 7 nitrogen and oxygen atoms in total. The summed E-state index contributed by atoms with van der Waals surface area (Å²) in [6, 6.07) is 15.2. The smallest absolute Gasteiger partial charge is 0.230 e. The Morgan fingerprint density at radius 3 is 2.61 bits per heavy atom. The lowest BCUT2D eigenvalue weighted by molar-refractivity contribution is -0.118. The quantitative estimate of drug-likeness (QED) is 0.514. The molecule has 3 aromatic rings. The molecule has 1 amide bonds. The Labute approximate surface area is 171 Å². The largest absolute Gasteiger partial charge is 0.497 e. The number of carbonyl (C=O) groups is 1. The van der Waals surface area contributed by atoms with Crippen LogP contribution in [0.3, 0.4) is 0 Å². The Morgan fingerprint density at radius 2 is 1.86 bits per heavy atom. The van der Waals surface area contributed by atoms with Crippen LogP contribution in [0.1, 0.15) is 5.56 Å². The van der Waals surface area contributed by atoms with Crippen LogP contribution in [-0.4, -0.2) is 36.1 Å². The Hall–Kier alpha value is -2.78. The summed E-state index contributed by atoms with van der Waals surface area (Å²) in [5, 5.41) is 14.9. The van der Waals surface area contributed by atoms with Crippen LogP contribution in [0.2, 0.25) is 0 Å². The highest BCUT2D eigenvalue weighted by molar-refractivity contribution is 8.01. The molecule has 28 heavy (non-hydrogen) atoms. The molecule has 1 aromatic heterocycles. The number of hydrogen-bond acceptors (Lipinski definition) is 8. The van der Waals surface area contributed by atoms with Crippen LogP contribution >= 0.6 is 23.1 Å². The second-order valence-electron chi connectivity index (χ2n) is 5.61. The third kappa shape index (κ3) is 5.61. The zero-order valence-electron chi connectivity index (χ0n) is 15.5. The maximum atomic E-state index is 12.1. The number of carbonyl (C=O) groups excluding carboxylic acids is 1. The SMILES string of the molecule is COc1ccc(CNC(=O)CSc2nnc(Nc3ccccc3OC)s2)cc1. The summed E-state index contributed by atoms with van der Waals surface area (Å²) in [7, 11) is 3.24. The Bertz CT molecular complexity index is 916. The molecule has 0 spiro atoms. The highest BCUT2D eigenvalue weighted by Crippen LogP contribution is 2.31. The van der Waals surface area contributed by atoms with Gasteiger partial charge in [-0.05, 0) is 29.8 Å². The molecule has 0 saturated carbocycles. The fourth-order valence-electron chi connectivity index (χ4n) is 2.30. The first-order valence-electron chi connectivity index (χ1n) is 8.44. The van der Waals surface area contributed by atoms with Gasteiger partial charge in [-0.3, -0.25) is 4.79 Å². The van der Waals surface area contributed by atoms with Crippen molar-refractivity contribution < 1.29 is 14.3 Å². The Balaban J connectivity index is 1.46. The molecule has 0 radical (unpaired) electrons. The number of benzene rings is 2. The molecule has 0 fully saturated rings. The van der Waals surface area contributed by atoms with Crippen LogP contribution in [0.5, 0.6) is 11.5 Å². The summed E-state index contributed by atoms with van der Waals surface area (Å²) >= 11 is 2.74. The third-order valence-corrected chi connectivity index (χ3v) is 5.70. The van der Waals surface area contributed by atoms with Gasteiger partial charge in [0, 0.05) is 6.54 Å². The van der Waals surface area contributed by atoms with Gasteiger partial charge in [0.05, 0.1) is 25.7 Å². The molecule has 2 aromatic carbocycles. The molecule has 3 rings (SSSR count). The van der Waals surface area contributed by atoms with Gasteiger partial charge in [0.25, 0.3) is 0 Å². The van der Waals surface area contributed by atoms with E-state index in [-0.39, 0.29) is 11.7 Å². The highest BCUT2D eigenvalue weighted by atomic mass is 32.2. The van der Waals surface area contributed by atoms with Crippen molar-refractivity contribution >= 4 is 39.8 Å². The number of nitrogens with zero attached hydrogens (tertiary/aromatic N) is 2. The van der Waals surface area contributed by atoms with E-state index in [2.05, 4.69) is 20.8 Å². The van der Waals surface area contributed by atoms with Crippen LogP contribution in [0.15, 0.2) is 52.9 Å². The van der Waals surface area contributed by atoms with Crippen molar-refractivity contribution in [2.75, 3.05) is 25.3 Å². The zero-order valence-corrected chi connectivity index (χ0v) is 17.1. The van der Waals surface area contributed by atoms with Crippen molar-refractivity contribution in [2.45, 2.75) is 10.9 Å². The summed E-state index contributed by atoms with van der Waals surface area (Å²) in [5.41, 5.74) is 1.83. The van der Waals surface area contributed by atoms with Crippen LogP contribution in [-0.2, 0) is 11.3 Å². The number of amides is 1. The predicted octanol–water partition coefficient (Wildman–Crippen LogP) is 3.71. The molecule has 2 N–H and O–H groups in total. The second kappa shape index (κ2) is 9.95. The molecule has 0 aliphatic carbocycles. The molecule has 0 bridgehead atoms. The van der Waals surface area contributed by atoms with E-state index in [0.29, 0.717) is 11.7 Å². The Kier molecular flexibility index (Phi) is 7.10. The van der Waals surface area contributed by atoms with Gasteiger partial charge in [0.15, 0.2) is 4.34 Å². The van der Waals surface area contributed by atoms with E-state index in [1.54, 1.807) is 14.2 Å². The molecular weight excluding hydrogens is 396 g/mol. The topological polar surface area (TPSA) is 85.4 Å². The van der Waals surface area contributed by atoms with Crippen molar-refractivity contribution in [3.8, 4) is 11.5 Å². The van der Waals surface area contributed by atoms with Gasteiger partial charge in [-0.15, -0.1) is 10.2 Å². The van der Waals surface area contributed by atoms with Crippen LogP contribution in [0.4, 0.5) is 10.8 Å². The van der Waals surface area contributed by atoms with Gasteiger partial charge in [-0.2, -0.15) is 0 Å². The van der Waals surface area contributed by atoms with Crippen LogP contribution in [0, 0.1) is 0 Å². The molecule has 0 unspecified atom stereocenters. The van der Waals surface area contributed by atoms with E-state index in [1.165, 1.54) is 23.1 Å². The molecule has 0 aliphatic rings. The zero-order chi connectivity index (χ0) is 19.8. The minimum absolute atomic E-state index is 0.0599. The highest BCUT2D eigenvalue weighted by Gasteiger charge is 2.10. The summed E-state index contributed by atoms with van der Waals surface area (Å²) < 4.78 is 11.1. The number of aromatic nitrogens is 2. The average Bonchev–Trinajstić information content (AvgIpc) is 3.19. The number of para-hydroxylation sites is 2. The normalized spacial score (nSPS) is 10.4. The number of methoxy groups -OCH3 is 2. The van der Waals surface area contributed by atoms with E-state index in [0.717, 1.165) is 27.1 Å². The molecule has 146 valence electrons. The summed E-state index contributed by atoms with van der Waals surface area (Å²) in [4.78, 5) is 12.1. The van der Waals surface area contributed by atoms with Crippen LogP contribution in [0.25, 0.3) is 0 Å². The van der Waals surface area contributed by atoms with E-state index in [4.69, 9.17) is 9.47 Å². The minimum Gasteiger partial charge on any atom is -0.497 e. The molecule has 0 saturated heterocycles. The first-order chi connectivity index (χ1) is 13.7. The predicted molar refractivity (Wildman–Crippen MR) is 112 cm³/mol. The summed E-state index contributed by atoms with van der Waals surface area (Å²) in [6.45, 7) is 0.472. The van der Waals surface area contributed by atoms with Gasteiger partial charge in [-0.25, -0.2) is 0 Å². The van der Waals surface area contributed by atoms with E-state index < -0.39 is 0 Å². The number of anilines is 2. The van der Waals surface area contributed by atoms with E-state index in [9.17, 15) is 4.79 Å². The summed E-state index contributed by atoms with van der Waals surface area (Å²) in [6.07, 6.45) is 0. The lowest BCUT2D eigenvalue weighted by Gasteiger charge is -2.07. The van der Waals surface area contributed by atoms with Crippen molar-refractivity contribution in [2.24, 2.45) is 0 Å². The minimum atomic E-state index is -0.0599. The van der Waals surface area contributed by atoms with E-state index in [1.807, 2.05) is 48.5 Å². The van der Waals surface area contributed by atoms with Gasteiger partial charge in [-0.1, -0.05) is 47.4 Å². The number of ether oxygens (including phenoxy) is 2. The lowest BCUT2D eigenvalue weighted by atomic mass is 10.2. The second-order valence-corrected chi connectivity index (χ2v) is 7.81. The van der Waals surface area contributed by atoms with Crippen molar-refractivity contribution in [3.05, 3.63) is 54.1 Å². The maximum absolute atomic E-state index is 12.1. The van der Waals surface area contributed by atoms with Crippen LogP contribution < -0.4 is 20.1 Å². The fourth-order valence-corrected chi connectivity index (χ4v) is 3.90. The number of nitrogens with one attached hydrogen (secondary N) is 2. The number of hydrogen-bond donors (Lipinski definition) is 2. The number of rotatable bonds is 9. The first-order valence-corrected chi connectivity index (χ1v) is 10.2. The maximum Gasteiger partial charge on any atom is 0.230 e. The average molecular weight is 417 g/mol. The summed E-state index contributed by atoms with van der Waals surface area (Å²) in [5.74, 6) is 1.74. The van der Waals surface area contributed by atoms with Gasteiger partial charge >= 0.3 is 0 Å². The Morgan fingerprint density at radius 1 is 1.07 bits per heavy atom. The van der Waals surface area contributed by atoms with Crippen molar-refractivity contribution in [1.82, 2.24) is 15.5 Å². The lowest BCUT2D eigenvalue weighted by Crippen LogP contribution is -2.24. The van der Waals surface area contributed by atoms with Gasteiger partial charge in [0.1, 0.15) is 11.5 Å². The van der Waals surface area contributed by atoms with Gasteiger partial charge in [0.2, 0.25) is 11.0 Å². The molecular formula is C19H20N4O3S2. The molecule has 9 heteroatoms. The fraction of sp³-hybridized carbons (Fsp3) is 0.211. The monoisotopic (exact) mass is 416 g/mol. The number of thioether (sulfide) groups is 1. The standard InChI is InChI=1S/C19H20N4O3S2/c1-25-14-9-7-13(8-10-14)11-20-17(24)12-27-19-23-22-18(28-19)21-15-5-3-4-6-16(15)26-2/h3-10H,11-12H2,1-2H3,(H,20,24)(H,21,22). The van der Waals surface area contributed by atoms with Crippen molar-refractivity contribution in [3.63, 3.8) is 0 Å². The van der Waals surface area contributed by atoms with Crippen molar-refractivity contribution in [1.29, 1.82) is 0 Å². The molecule has 1 heterocycles. The molecule has 0 atom stereocenters. The first kappa shape index (κ1) is 20.0. The van der Waals surface area contributed by atoms with E-state index >= 15 is 0 Å². The third-order valence-electron chi connectivity index (χ3n) is 3.73. The molecule has 0 aliphatic heterocycles. The van der Waals surface area contributed by atoms with Gasteiger partial charge < -0.3 is 20.1 Å².